The lowest BCUT2D eigenvalue weighted by Crippen LogP contribution is -2.20. The van der Waals surface area contributed by atoms with Gasteiger partial charge >= 0.3 is 11.9 Å². The number of ether oxygens (including phenoxy) is 1. The maximum absolute atomic E-state index is 11.3. The van der Waals surface area contributed by atoms with Gasteiger partial charge in [0.15, 0.2) is 0 Å². The first kappa shape index (κ1) is 17.7. The molecule has 0 heterocycles. The van der Waals surface area contributed by atoms with Crippen LogP contribution in [-0.2, 0) is 14.3 Å². The summed E-state index contributed by atoms with van der Waals surface area (Å²) in [6.45, 7) is 6.85. The number of esters is 1. The van der Waals surface area contributed by atoms with Crippen molar-refractivity contribution in [1.29, 1.82) is 0 Å². The van der Waals surface area contributed by atoms with Crippen LogP contribution in [0.15, 0.2) is 12.2 Å². The lowest BCUT2D eigenvalue weighted by Gasteiger charge is -2.23. The third-order valence-electron chi connectivity index (χ3n) is 3.28. The van der Waals surface area contributed by atoms with E-state index in [0.29, 0.717) is 18.4 Å². The minimum absolute atomic E-state index is 0.363. The predicted molar refractivity (Wildman–Crippen MR) is 74.8 cm³/mol. The Labute approximate surface area is 115 Å². The van der Waals surface area contributed by atoms with Gasteiger partial charge in [-0.2, -0.15) is 0 Å². The molecule has 0 saturated carbocycles. The standard InChI is InChI=1S/C15H26O4/c1-4-6-8-13(12(3)7-5-2)11-19-15(18)10-9-14(16)17/h9-10,12-13H,4-8,11H2,1-3H3,(H,16,17)/b10-9-. The first-order chi connectivity index (χ1) is 9.01. The average Bonchev–Trinajstić information content (AvgIpc) is 2.36. The van der Waals surface area contributed by atoms with Crippen molar-refractivity contribution in [2.24, 2.45) is 11.8 Å². The normalized spacial score (nSPS) is 14.3. The molecule has 2 unspecified atom stereocenters. The van der Waals surface area contributed by atoms with Crippen LogP contribution in [0.3, 0.4) is 0 Å². The number of unbranched alkanes of at least 4 members (excludes halogenated alkanes) is 1. The van der Waals surface area contributed by atoms with Crippen LogP contribution in [0, 0.1) is 11.8 Å². The van der Waals surface area contributed by atoms with Gasteiger partial charge in [0.25, 0.3) is 0 Å². The molecule has 0 radical (unpaired) electrons. The molecular weight excluding hydrogens is 244 g/mol. The maximum Gasteiger partial charge on any atom is 0.331 e. The molecule has 0 fully saturated rings. The minimum atomic E-state index is -1.14. The number of carbonyl (C=O) groups is 2. The molecule has 0 aliphatic carbocycles. The monoisotopic (exact) mass is 270 g/mol. The molecule has 2 atom stereocenters. The second-order valence-corrected chi connectivity index (χ2v) is 4.97. The number of aliphatic carboxylic acids is 1. The number of carbonyl (C=O) groups excluding carboxylic acids is 1. The van der Waals surface area contributed by atoms with E-state index in [2.05, 4.69) is 20.8 Å². The van der Waals surface area contributed by atoms with E-state index in [1.54, 1.807) is 0 Å². The fraction of sp³-hybridized carbons (Fsp3) is 0.733. The van der Waals surface area contributed by atoms with Gasteiger partial charge in [-0.15, -0.1) is 0 Å². The third kappa shape index (κ3) is 9.28. The first-order valence-corrected chi connectivity index (χ1v) is 7.08. The van der Waals surface area contributed by atoms with E-state index in [9.17, 15) is 9.59 Å². The van der Waals surface area contributed by atoms with Gasteiger partial charge in [-0.25, -0.2) is 9.59 Å². The Bertz CT molecular complexity index is 297. The fourth-order valence-electron chi connectivity index (χ4n) is 2.07. The summed E-state index contributed by atoms with van der Waals surface area (Å²) in [5.74, 6) is -0.832. The molecule has 4 heteroatoms. The zero-order valence-electron chi connectivity index (χ0n) is 12.2. The highest BCUT2D eigenvalue weighted by Gasteiger charge is 2.17. The van der Waals surface area contributed by atoms with Gasteiger partial charge in [0.05, 0.1) is 6.61 Å². The molecule has 0 aromatic rings. The number of carboxylic acid groups (broad SMARTS) is 1. The van der Waals surface area contributed by atoms with Crippen LogP contribution in [0.2, 0.25) is 0 Å². The Morgan fingerprint density at radius 2 is 1.84 bits per heavy atom. The van der Waals surface area contributed by atoms with Gasteiger partial charge in [0.1, 0.15) is 0 Å². The summed E-state index contributed by atoms with van der Waals surface area (Å²) in [6, 6.07) is 0. The zero-order chi connectivity index (χ0) is 14.7. The van der Waals surface area contributed by atoms with Crippen molar-refractivity contribution in [1.82, 2.24) is 0 Å². The molecule has 1 N–H and O–H groups in total. The van der Waals surface area contributed by atoms with Crippen LogP contribution in [0.1, 0.15) is 52.9 Å². The van der Waals surface area contributed by atoms with Crippen LogP contribution < -0.4 is 0 Å². The first-order valence-electron chi connectivity index (χ1n) is 7.08. The molecule has 19 heavy (non-hydrogen) atoms. The van der Waals surface area contributed by atoms with Crippen molar-refractivity contribution in [3.63, 3.8) is 0 Å². The lowest BCUT2D eigenvalue weighted by atomic mass is 9.87. The Kier molecular flexibility index (Phi) is 9.85. The highest BCUT2D eigenvalue weighted by atomic mass is 16.5. The topological polar surface area (TPSA) is 63.6 Å². The number of hydrogen-bond donors (Lipinski definition) is 1. The molecule has 0 spiro atoms. The number of rotatable bonds is 10. The van der Waals surface area contributed by atoms with Crippen molar-refractivity contribution < 1.29 is 19.4 Å². The third-order valence-corrected chi connectivity index (χ3v) is 3.28. The van der Waals surface area contributed by atoms with Gasteiger partial charge in [0, 0.05) is 12.2 Å². The largest absolute Gasteiger partial charge is 0.478 e. The Balaban J connectivity index is 4.23. The lowest BCUT2D eigenvalue weighted by molar-refractivity contribution is -0.140. The summed E-state index contributed by atoms with van der Waals surface area (Å²) < 4.78 is 5.13. The molecule has 0 bridgehead atoms. The van der Waals surface area contributed by atoms with Gasteiger partial charge < -0.3 is 9.84 Å². The van der Waals surface area contributed by atoms with E-state index >= 15 is 0 Å². The summed E-state index contributed by atoms with van der Waals surface area (Å²) in [5.41, 5.74) is 0. The highest BCUT2D eigenvalue weighted by Crippen LogP contribution is 2.23. The molecule has 110 valence electrons. The van der Waals surface area contributed by atoms with E-state index in [-0.39, 0.29) is 0 Å². The second-order valence-electron chi connectivity index (χ2n) is 4.97. The van der Waals surface area contributed by atoms with E-state index in [1.165, 1.54) is 0 Å². The average molecular weight is 270 g/mol. The molecule has 0 aromatic carbocycles. The quantitative estimate of drug-likeness (QED) is 0.488. The van der Waals surface area contributed by atoms with Gasteiger partial charge in [-0.05, 0) is 18.3 Å². The van der Waals surface area contributed by atoms with Gasteiger partial charge in [-0.3, -0.25) is 0 Å². The summed E-state index contributed by atoms with van der Waals surface area (Å²) in [4.78, 5) is 21.6. The summed E-state index contributed by atoms with van der Waals surface area (Å²) in [6.07, 6.45) is 7.31. The van der Waals surface area contributed by atoms with Crippen molar-refractivity contribution >= 4 is 11.9 Å². The molecular formula is C15H26O4. The molecule has 0 saturated heterocycles. The van der Waals surface area contributed by atoms with Gasteiger partial charge in [-0.1, -0.05) is 46.5 Å². The Morgan fingerprint density at radius 1 is 1.16 bits per heavy atom. The summed E-state index contributed by atoms with van der Waals surface area (Å²) in [5, 5.41) is 8.42. The second kappa shape index (κ2) is 10.6. The van der Waals surface area contributed by atoms with Crippen LogP contribution in [0.5, 0.6) is 0 Å². The van der Waals surface area contributed by atoms with Crippen LogP contribution in [0.4, 0.5) is 0 Å². The molecule has 0 aliphatic rings. The van der Waals surface area contributed by atoms with E-state index in [0.717, 1.165) is 44.3 Å². The van der Waals surface area contributed by atoms with Crippen LogP contribution in [-0.4, -0.2) is 23.7 Å². The van der Waals surface area contributed by atoms with Crippen molar-refractivity contribution in [3.8, 4) is 0 Å². The molecule has 0 rings (SSSR count). The van der Waals surface area contributed by atoms with E-state index in [4.69, 9.17) is 9.84 Å². The van der Waals surface area contributed by atoms with E-state index in [1.807, 2.05) is 0 Å². The maximum atomic E-state index is 11.3. The molecule has 0 amide bonds. The molecule has 0 aliphatic heterocycles. The van der Waals surface area contributed by atoms with Crippen molar-refractivity contribution in [2.45, 2.75) is 52.9 Å². The summed E-state index contributed by atoms with van der Waals surface area (Å²) >= 11 is 0. The zero-order valence-corrected chi connectivity index (χ0v) is 12.2. The predicted octanol–water partition coefficient (Wildman–Crippen LogP) is 3.41. The van der Waals surface area contributed by atoms with Crippen LogP contribution in [0.25, 0.3) is 0 Å². The SMILES string of the molecule is CCCCC(COC(=O)/C=C\C(=O)O)C(C)CCC. The smallest absolute Gasteiger partial charge is 0.331 e. The molecule has 4 nitrogen and oxygen atoms in total. The van der Waals surface area contributed by atoms with Crippen LogP contribution >= 0.6 is 0 Å². The van der Waals surface area contributed by atoms with E-state index < -0.39 is 11.9 Å². The number of hydrogen-bond acceptors (Lipinski definition) is 3. The van der Waals surface area contributed by atoms with Crippen molar-refractivity contribution in [2.75, 3.05) is 6.61 Å². The van der Waals surface area contributed by atoms with Crippen molar-refractivity contribution in [3.05, 3.63) is 12.2 Å². The number of carboxylic acids is 1. The molecule has 0 aromatic heterocycles. The fourth-order valence-corrected chi connectivity index (χ4v) is 2.07. The Hall–Kier alpha value is -1.32. The van der Waals surface area contributed by atoms with Gasteiger partial charge in [0.2, 0.25) is 0 Å². The Morgan fingerprint density at radius 3 is 2.37 bits per heavy atom. The summed E-state index contributed by atoms with van der Waals surface area (Å²) in [7, 11) is 0. The highest BCUT2D eigenvalue weighted by molar-refractivity contribution is 5.90. The minimum Gasteiger partial charge on any atom is -0.478 e.